The second-order valence-electron chi connectivity index (χ2n) is 11.0. The molecule has 16 heteroatoms. The standard InChI is InChI=1S/C30H46O16/c1-17(2)39-43-25(33)11-13-37-15-21(29(35)45-41-19(5)6)27-23(31)9-10-24(32)28(27)22(30(36)46-42-20(7)8)16-38-14-12-26(34)44-40-18(3)4/h9-10,17-22,31-32H,11-16H2,1-8H3. The van der Waals surface area contributed by atoms with Crippen LogP contribution in [-0.4, -0.2) is 84.9 Å². The average Bonchev–Trinajstić information content (AvgIpc) is 2.98. The van der Waals surface area contributed by atoms with Gasteiger partial charge in [0.1, 0.15) is 23.3 Å². The number of aromatic hydroxyl groups is 2. The van der Waals surface area contributed by atoms with Crippen molar-refractivity contribution < 1.29 is 78.0 Å². The van der Waals surface area contributed by atoms with Crippen molar-refractivity contribution in [2.75, 3.05) is 26.4 Å². The maximum atomic E-state index is 13.3. The highest BCUT2D eigenvalue weighted by atomic mass is 17.2. The number of phenols is 2. The molecule has 2 N–H and O–H groups in total. The van der Waals surface area contributed by atoms with Gasteiger partial charge in [-0.3, -0.25) is 19.6 Å². The molecule has 16 nitrogen and oxygen atoms in total. The number of hydrogen-bond donors (Lipinski definition) is 2. The van der Waals surface area contributed by atoms with Crippen molar-refractivity contribution in [1.82, 2.24) is 0 Å². The third-order valence-electron chi connectivity index (χ3n) is 5.29. The first-order valence-electron chi connectivity index (χ1n) is 14.8. The van der Waals surface area contributed by atoms with Crippen LogP contribution in [-0.2, 0) is 67.8 Å². The molecule has 0 aromatic heterocycles. The van der Waals surface area contributed by atoms with Gasteiger partial charge in [-0.15, -0.1) is 0 Å². The minimum Gasteiger partial charge on any atom is -0.508 e. The molecule has 0 saturated carbocycles. The maximum absolute atomic E-state index is 13.3. The van der Waals surface area contributed by atoms with Gasteiger partial charge >= 0.3 is 23.9 Å². The van der Waals surface area contributed by atoms with Crippen LogP contribution >= 0.6 is 0 Å². The van der Waals surface area contributed by atoms with Gasteiger partial charge in [-0.25, -0.2) is 19.2 Å². The molecular weight excluding hydrogens is 616 g/mol. The van der Waals surface area contributed by atoms with Crippen LogP contribution < -0.4 is 0 Å². The van der Waals surface area contributed by atoms with Crippen molar-refractivity contribution in [3.63, 3.8) is 0 Å². The van der Waals surface area contributed by atoms with Crippen molar-refractivity contribution in [3.8, 4) is 11.5 Å². The Kier molecular flexibility index (Phi) is 18.7. The van der Waals surface area contributed by atoms with Gasteiger partial charge in [-0.2, -0.15) is 19.6 Å². The Morgan fingerprint density at radius 2 is 0.848 bits per heavy atom. The van der Waals surface area contributed by atoms with Gasteiger partial charge < -0.3 is 19.7 Å². The Bertz CT molecular complexity index is 1020. The molecule has 0 aliphatic rings. The lowest BCUT2D eigenvalue weighted by atomic mass is 9.86. The smallest absolute Gasteiger partial charge is 0.352 e. The van der Waals surface area contributed by atoms with Gasteiger partial charge in [0.25, 0.3) is 0 Å². The SMILES string of the molecule is CC(C)OOC(=O)CCOCC(C(=O)OOC(C)C)c1c(O)ccc(O)c1C(COCCC(=O)OOC(C)C)C(=O)OOC(C)C. The third-order valence-corrected chi connectivity index (χ3v) is 5.29. The molecular formula is C30H46O16. The van der Waals surface area contributed by atoms with Crippen molar-refractivity contribution >= 4 is 23.9 Å². The summed E-state index contributed by atoms with van der Waals surface area (Å²) in [5, 5.41) is 21.9. The minimum absolute atomic E-state index is 0.239. The van der Waals surface area contributed by atoms with E-state index >= 15 is 0 Å². The van der Waals surface area contributed by atoms with Gasteiger partial charge in [0.15, 0.2) is 0 Å². The van der Waals surface area contributed by atoms with Crippen LogP contribution in [0.1, 0.15) is 91.2 Å². The first kappa shape index (κ1) is 40.5. The van der Waals surface area contributed by atoms with E-state index in [0.717, 1.165) is 12.1 Å². The molecule has 0 aliphatic heterocycles. The molecule has 46 heavy (non-hydrogen) atoms. The molecule has 1 aromatic carbocycles. The summed E-state index contributed by atoms with van der Waals surface area (Å²) in [6, 6.07) is 2.19. The highest BCUT2D eigenvalue weighted by molar-refractivity contribution is 5.84. The molecule has 0 radical (unpaired) electrons. The van der Waals surface area contributed by atoms with E-state index in [1.807, 2.05) is 0 Å². The summed E-state index contributed by atoms with van der Waals surface area (Å²) >= 11 is 0. The molecule has 0 heterocycles. The monoisotopic (exact) mass is 662 g/mol. The number of rotatable bonds is 22. The van der Waals surface area contributed by atoms with Crippen molar-refractivity contribution in [3.05, 3.63) is 23.3 Å². The first-order chi connectivity index (χ1) is 21.6. The Balaban J connectivity index is 3.38. The zero-order chi connectivity index (χ0) is 34.8. The summed E-state index contributed by atoms with van der Waals surface area (Å²) in [7, 11) is 0. The largest absolute Gasteiger partial charge is 0.508 e. The van der Waals surface area contributed by atoms with E-state index in [4.69, 9.17) is 38.8 Å². The highest BCUT2D eigenvalue weighted by Gasteiger charge is 2.37. The highest BCUT2D eigenvalue weighted by Crippen LogP contribution is 2.41. The normalized spacial score (nSPS) is 12.8. The Morgan fingerprint density at radius 1 is 0.543 bits per heavy atom. The minimum atomic E-state index is -1.51. The number of benzene rings is 1. The molecule has 0 spiro atoms. The quantitative estimate of drug-likeness (QED) is 0.0788. The van der Waals surface area contributed by atoms with Crippen LogP contribution in [0.4, 0.5) is 0 Å². The van der Waals surface area contributed by atoms with E-state index in [2.05, 4.69) is 9.78 Å². The van der Waals surface area contributed by atoms with Gasteiger partial charge in [-0.1, -0.05) is 0 Å². The van der Waals surface area contributed by atoms with Crippen LogP contribution in [0.25, 0.3) is 0 Å². The molecule has 0 fully saturated rings. The van der Waals surface area contributed by atoms with E-state index in [-0.39, 0.29) is 49.4 Å². The summed E-state index contributed by atoms with van der Waals surface area (Å²) in [5.41, 5.74) is -0.550. The first-order valence-corrected chi connectivity index (χ1v) is 14.8. The van der Waals surface area contributed by atoms with Crippen LogP contribution in [0, 0.1) is 0 Å². The van der Waals surface area contributed by atoms with E-state index in [0.29, 0.717) is 0 Å². The summed E-state index contributed by atoms with van der Waals surface area (Å²) in [5.74, 6) is -7.64. The zero-order valence-electron chi connectivity index (χ0n) is 27.5. The number of hydrogen-bond acceptors (Lipinski definition) is 16. The fourth-order valence-electron chi connectivity index (χ4n) is 3.38. The van der Waals surface area contributed by atoms with Gasteiger partial charge in [0.05, 0.1) is 63.7 Å². The topological polar surface area (TPSA) is 201 Å². The summed E-state index contributed by atoms with van der Waals surface area (Å²) < 4.78 is 11.1. The maximum Gasteiger partial charge on any atom is 0.352 e. The van der Waals surface area contributed by atoms with Gasteiger partial charge in [0, 0.05) is 11.1 Å². The fourth-order valence-corrected chi connectivity index (χ4v) is 3.38. The Morgan fingerprint density at radius 3 is 1.15 bits per heavy atom. The lowest BCUT2D eigenvalue weighted by molar-refractivity contribution is -0.294. The van der Waals surface area contributed by atoms with E-state index in [9.17, 15) is 29.4 Å². The number of ether oxygens (including phenoxy) is 2. The summed E-state index contributed by atoms with van der Waals surface area (Å²) in [6.45, 7) is 11.6. The molecule has 262 valence electrons. The van der Waals surface area contributed by atoms with E-state index < -0.39 is 72.6 Å². The Hall–Kier alpha value is -3.54. The zero-order valence-corrected chi connectivity index (χ0v) is 27.5. The summed E-state index contributed by atoms with van der Waals surface area (Å²) in [4.78, 5) is 89.0. The third kappa shape index (κ3) is 15.6. The molecule has 2 atom stereocenters. The fraction of sp³-hybridized carbons (Fsp3) is 0.667. The second kappa shape index (κ2) is 21.3. The molecule has 2 unspecified atom stereocenters. The number of carbonyl (C=O) groups is 4. The van der Waals surface area contributed by atoms with Crippen molar-refractivity contribution in [2.45, 2.75) is 104 Å². The van der Waals surface area contributed by atoms with Crippen molar-refractivity contribution in [1.29, 1.82) is 0 Å². The van der Waals surface area contributed by atoms with Crippen LogP contribution in [0.15, 0.2) is 12.1 Å². The van der Waals surface area contributed by atoms with Gasteiger partial charge in [0.2, 0.25) is 0 Å². The second-order valence-corrected chi connectivity index (χ2v) is 11.0. The summed E-state index contributed by atoms with van der Waals surface area (Å²) in [6.07, 6.45) is -2.31. The molecule has 0 amide bonds. The molecule has 0 bridgehead atoms. The molecule has 1 aromatic rings. The predicted molar refractivity (Wildman–Crippen MR) is 155 cm³/mol. The molecule has 0 aliphatic carbocycles. The van der Waals surface area contributed by atoms with E-state index in [1.165, 1.54) is 0 Å². The van der Waals surface area contributed by atoms with Gasteiger partial charge in [-0.05, 0) is 67.5 Å². The Labute approximate surface area is 267 Å². The number of carbonyl (C=O) groups excluding carboxylic acids is 4. The molecule has 0 saturated heterocycles. The lowest BCUT2D eigenvalue weighted by Crippen LogP contribution is -2.28. The van der Waals surface area contributed by atoms with Crippen LogP contribution in [0.2, 0.25) is 0 Å². The van der Waals surface area contributed by atoms with Crippen LogP contribution in [0.5, 0.6) is 11.5 Å². The number of phenolic OH excluding ortho intramolecular Hbond substituents is 2. The molecule has 1 rings (SSSR count). The van der Waals surface area contributed by atoms with Crippen molar-refractivity contribution in [2.24, 2.45) is 0 Å². The predicted octanol–water partition coefficient (Wildman–Crippen LogP) is 3.61. The average molecular weight is 663 g/mol. The lowest BCUT2D eigenvalue weighted by Gasteiger charge is -2.25. The van der Waals surface area contributed by atoms with E-state index in [1.54, 1.807) is 55.4 Å². The van der Waals surface area contributed by atoms with Crippen LogP contribution in [0.3, 0.4) is 0 Å².